The molecular formula is C14H11Cl2FN2O. The number of halogens is 3. The van der Waals surface area contributed by atoms with Crippen LogP contribution in [0.3, 0.4) is 0 Å². The highest BCUT2D eigenvalue weighted by molar-refractivity contribution is 6.34. The zero-order valence-electron chi connectivity index (χ0n) is 10.6. The normalized spacial score (nSPS) is 10.4. The van der Waals surface area contributed by atoms with E-state index >= 15 is 0 Å². The first kappa shape index (κ1) is 14.8. The third-order valence-electron chi connectivity index (χ3n) is 2.69. The lowest BCUT2D eigenvalue weighted by molar-refractivity contribution is 0.0779. The molecule has 1 heterocycles. The van der Waals surface area contributed by atoms with Crippen LogP contribution in [-0.4, -0.2) is 22.8 Å². The fourth-order valence-electron chi connectivity index (χ4n) is 1.68. The Labute approximate surface area is 125 Å². The van der Waals surface area contributed by atoms with Gasteiger partial charge in [-0.25, -0.2) is 9.37 Å². The van der Waals surface area contributed by atoms with Crippen molar-refractivity contribution in [2.24, 2.45) is 0 Å². The number of carbonyl (C=O) groups excluding carboxylic acids is 1. The molecule has 0 saturated heterocycles. The summed E-state index contributed by atoms with van der Waals surface area (Å²) in [4.78, 5) is 17.6. The van der Waals surface area contributed by atoms with Crippen LogP contribution in [0.4, 0.5) is 4.39 Å². The lowest BCUT2D eigenvalue weighted by atomic mass is 10.2. The standard InChI is InChI=1S/C14H11Cl2FN2O/c1-19(8-9-2-4-10(17)5-3-9)14(20)13-11(15)6-7-12(16)18-13/h2-7H,8H2,1H3. The third kappa shape index (κ3) is 3.46. The SMILES string of the molecule is CN(Cc1ccc(F)cc1)C(=O)c1nc(Cl)ccc1Cl. The summed E-state index contributed by atoms with van der Waals surface area (Å²) in [5, 5.41) is 0.443. The predicted octanol–water partition coefficient (Wildman–Crippen LogP) is 3.80. The summed E-state index contributed by atoms with van der Waals surface area (Å²) in [6.45, 7) is 0.323. The second kappa shape index (κ2) is 6.20. The molecule has 0 aliphatic heterocycles. The van der Waals surface area contributed by atoms with Crippen molar-refractivity contribution >= 4 is 29.1 Å². The van der Waals surface area contributed by atoms with Gasteiger partial charge >= 0.3 is 0 Å². The number of benzene rings is 1. The minimum absolute atomic E-state index is 0.101. The summed E-state index contributed by atoms with van der Waals surface area (Å²) < 4.78 is 12.8. The number of pyridine rings is 1. The van der Waals surface area contributed by atoms with Gasteiger partial charge in [0.25, 0.3) is 5.91 Å². The molecule has 0 N–H and O–H groups in total. The molecule has 6 heteroatoms. The molecule has 0 aliphatic carbocycles. The molecule has 1 amide bonds. The van der Waals surface area contributed by atoms with Gasteiger partial charge in [-0.05, 0) is 29.8 Å². The zero-order chi connectivity index (χ0) is 14.7. The fraction of sp³-hybridized carbons (Fsp3) is 0.143. The number of amides is 1. The second-order valence-corrected chi connectivity index (χ2v) is 5.05. The molecule has 0 radical (unpaired) electrons. The quantitative estimate of drug-likeness (QED) is 0.808. The molecule has 0 unspecified atom stereocenters. The Kier molecular flexibility index (Phi) is 4.57. The van der Waals surface area contributed by atoms with Gasteiger partial charge < -0.3 is 4.90 Å². The smallest absolute Gasteiger partial charge is 0.274 e. The van der Waals surface area contributed by atoms with E-state index in [1.807, 2.05) is 0 Å². The van der Waals surface area contributed by atoms with Crippen LogP contribution < -0.4 is 0 Å². The molecule has 1 aromatic heterocycles. The van der Waals surface area contributed by atoms with Gasteiger partial charge in [-0.3, -0.25) is 4.79 Å². The van der Waals surface area contributed by atoms with Gasteiger partial charge in [0.1, 0.15) is 16.7 Å². The van der Waals surface area contributed by atoms with Crippen molar-refractivity contribution in [2.75, 3.05) is 7.05 Å². The average molecular weight is 313 g/mol. The van der Waals surface area contributed by atoms with Gasteiger partial charge in [-0.1, -0.05) is 35.3 Å². The third-order valence-corrected chi connectivity index (χ3v) is 3.21. The zero-order valence-corrected chi connectivity index (χ0v) is 12.1. The monoisotopic (exact) mass is 312 g/mol. The number of nitrogens with zero attached hydrogens (tertiary/aromatic N) is 2. The van der Waals surface area contributed by atoms with Gasteiger partial charge in [0.2, 0.25) is 0 Å². The first-order chi connectivity index (χ1) is 9.47. The summed E-state index contributed by atoms with van der Waals surface area (Å²) in [6.07, 6.45) is 0. The van der Waals surface area contributed by atoms with Crippen molar-refractivity contribution in [3.05, 3.63) is 63.6 Å². The van der Waals surface area contributed by atoms with Crippen molar-refractivity contribution in [1.29, 1.82) is 0 Å². The van der Waals surface area contributed by atoms with Crippen LogP contribution in [0.2, 0.25) is 10.2 Å². The highest BCUT2D eigenvalue weighted by atomic mass is 35.5. The number of carbonyl (C=O) groups is 1. The highest BCUT2D eigenvalue weighted by Crippen LogP contribution is 2.19. The van der Waals surface area contributed by atoms with Gasteiger partial charge in [0.15, 0.2) is 0 Å². The molecule has 20 heavy (non-hydrogen) atoms. The van der Waals surface area contributed by atoms with E-state index in [1.165, 1.54) is 29.2 Å². The van der Waals surface area contributed by atoms with Crippen molar-refractivity contribution in [2.45, 2.75) is 6.54 Å². The highest BCUT2D eigenvalue weighted by Gasteiger charge is 2.17. The lowest BCUT2D eigenvalue weighted by Gasteiger charge is -2.17. The van der Waals surface area contributed by atoms with Crippen LogP contribution in [0.15, 0.2) is 36.4 Å². The Balaban J connectivity index is 2.16. The van der Waals surface area contributed by atoms with E-state index in [0.29, 0.717) is 6.54 Å². The van der Waals surface area contributed by atoms with Crippen molar-refractivity contribution in [3.8, 4) is 0 Å². The molecule has 0 saturated carbocycles. The van der Waals surface area contributed by atoms with Crippen molar-refractivity contribution in [3.63, 3.8) is 0 Å². The summed E-state index contributed by atoms with van der Waals surface area (Å²) in [7, 11) is 1.62. The van der Waals surface area contributed by atoms with Gasteiger partial charge in [-0.2, -0.15) is 0 Å². The Hall–Kier alpha value is -1.65. The van der Waals surface area contributed by atoms with Crippen LogP contribution in [-0.2, 0) is 6.54 Å². The Morgan fingerprint density at radius 3 is 2.50 bits per heavy atom. The molecule has 2 aromatic rings. The van der Waals surface area contributed by atoms with Crippen molar-refractivity contribution < 1.29 is 9.18 Å². The van der Waals surface area contributed by atoms with Crippen molar-refractivity contribution in [1.82, 2.24) is 9.88 Å². The van der Waals surface area contributed by atoms with Gasteiger partial charge in [0, 0.05) is 13.6 Å². The minimum atomic E-state index is -0.346. The first-order valence-electron chi connectivity index (χ1n) is 5.79. The first-order valence-corrected chi connectivity index (χ1v) is 6.55. The molecule has 0 fully saturated rings. The number of rotatable bonds is 3. The van der Waals surface area contributed by atoms with Crippen LogP contribution in [0.1, 0.15) is 16.1 Å². The van der Waals surface area contributed by atoms with Crippen LogP contribution >= 0.6 is 23.2 Å². The second-order valence-electron chi connectivity index (χ2n) is 4.25. The van der Waals surface area contributed by atoms with E-state index in [2.05, 4.69) is 4.98 Å². The molecular weight excluding hydrogens is 302 g/mol. The molecule has 0 bridgehead atoms. The lowest BCUT2D eigenvalue weighted by Crippen LogP contribution is -2.27. The largest absolute Gasteiger partial charge is 0.336 e. The molecule has 2 rings (SSSR count). The molecule has 0 atom stereocenters. The molecule has 0 aliphatic rings. The predicted molar refractivity (Wildman–Crippen MR) is 76.5 cm³/mol. The maximum atomic E-state index is 12.8. The van der Waals surface area contributed by atoms with E-state index in [0.717, 1.165) is 5.56 Å². The van der Waals surface area contributed by atoms with E-state index in [4.69, 9.17) is 23.2 Å². The van der Waals surface area contributed by atoms with E-state index in [1.54, 1.807) is 19.2 Å². The maximum Gasteiger partial charge on any atom is 0.274 e. The molecule has 104 valence electrons. The summed E-state index contributed by atoms with van der Waals surface area (Å²) in [5.74, 6) is -0.663. The Bertz CT molecular complexity index is 632. The van der Waals surface area contributed by atoms with Crippen LogP contribution in [0.5, 0.6) is 0 Å². The van der Waals surface area contributed by atoms with E-state index in [9.17, 15) is 9.18 Å². The Morgan fingerprint density at radius 2 is 1.85 bits per heavy atom. The number of hydrogen-bond acceptors (Lipinski definition) is 2. The summed E-state index contributed by atoms with van der Waals surface area (Å²) in [5.41, 5.74) is 0.907. The van der Waals surface area contributed by atoms with Gasteiger partial charge in [0.05, 0.1) is 5.02 Å². The minimum Gasteiger partial charge on any atom is -0.336 e. The molecule has 0 spiro atoms. The maximum absolute atomic E-state index is 12.8. The topological polar surface area (TPSA) is 33.2 Å². The van der Waals surface area contributed by atoms with E-state index in [-0.39, 0.29) is 27.6 Å². The van der Waals surface area contributed by atoms with Crippen LogP contribution in [0, 0.1) is 5.82 Å². The molecule has 3 nitrogen and oxygen atoms in total. The summed E-state index contributed by atoms with van der Waals surface area (Å²) in [6, 6.07) is 8.96. The summed E-state index contributed by atoms with van der Waals surface area (Å²) >= 11 is 11.7. The number of aromatic nitrogens is 1. The molecule has 1 aromatic carbocycles. The Morgan fingerprint density at radius 1 is 1.20 bits per heavy atom. The van der Waals surface area contributed by atoms with Gasteiger partial charge in [-0.15, -0.1) is 0 Å². The average Bonchev–Trinajstić information content (AvgIpc) is 2.43. The van der Waals surface area contributed by atoms with E-state index < -0.39 is 0 Å². The fourth-order valence-corrected chi connectivity index (χ4v) is 2.02. The number of hydrogen-bond donors (Lipinski definition) is 0. The van der Waals surface area contributed by atoms with Crippen LogP contribution in [0.25, 0.3) is 0 Å².